The molecule has 1 atom stereocenters. The lowest BCUT2D eigenvalue weighted by Crippen LogP contribution is -2.49. The molecule has 0 radical (unpaired) electrons. The highest BCUT2D eigenvalue weighted by atomic mass is 19.1. The number of nitrogens with one attached hydrogen (secondary N) is 1. The molecule has 0 spiro atoms. The monoisotopic (exact) mass is 398 g/mol. The van der Waals surface area contributed by atoms with Crippen LogP contribution >= 0.6 is 0 Å². The predicted molar refractivity (Wildman–Crippen MR) is 114 cm³/mol. The second-order valence-electron chi connectivity index (χ2n) is 7.38. The second kappa shape index (κ2) is 11.3. The first-order valence-corrected chi connectivity index (χ1v) is 10.3. The normalized spacial score (nSPS) is 11.7. The van der Waals surface area contributed by atoms with Crippen molar-refractivity contribution < 1.29 is 14.0 Å². The highest BCUT2D eigenvalue weighted by Crippen LogP contribution is 2.15. The quantitative estimate of drug-likeness (QED) is 0.603. The van der Waals surface area contributed by atoms with Crippen LogP contribution in [0.2, 0.25) is 0 Å². The lowest BCUT2D eigenvalue weighted by atomic mass is 10.1. The van der Waals surface area contributed by atoms with Crippen LogP contribution in [0.15, 0.2) is 48.5 Å². The van der Waals surface area contributed by atoms with E-state index in [-0.39, 0.29) is 24.1 Å². The first kappa shape index (κ1) is 22.6. The van der Waals surface area contributed by atoms with Crippen LogP contribution in [0.25, 0.3) is 0 Å². The summed E-state index contributed by atoms with van der Waals surface area (Å²) in [4.78, 5) is 27.6. The van der Waals surface area contributed by atoms with E-state index < -0.39 is 6.04 Å². The average molecular weight is 399 g/mol. The molecular formula is C24H31FN2O2. The van der Waals surface area contributed by atoms with Crippen LogP contribution in [-0.4, -0.2) is 29.3 Å². The van der Waals surface area contributed by atoms with Gasteiger partial charge in [-0.2, -0.15) is 0 Å². The van der Waals surface area contributed by atoms with Crippen molar-refractivity contribution in [1.29, 1.82) is 0 Å². The highest BCUT2D eigenvalue weighted by molar-refractivity contribution is 5.88. The van der Waals surface area contributed by atoms with Crippen molar-refractivity contribution in [3.8, 4) is 0 Å². The molecule has 0 saturated carbocycles. The zero-order valence-corrected chi connectivity index (χ0v) is 17.6. The van der Waals surface area contributed by atoms with Gasteiger partial charge in [-0.05, 0) is 43.0 Å². The van der Waals surface area contributed by atoms with E-state index in [2.05, 4.69) is 12.2 Å². The predicted octanol–water partition coefficient (Wildman–Crippen LogP) is 4.40. The molecule has 0 aliphatic rings. The maximum atomic E-state index is 13.2. The molecule has 0 fully saturated rings. The summed E-state index contributed by atoms with van der Waals surface area (Å²) in [6.07, 6.45) is 2.56. The lowest BCUT2D eigenvalue weighted by Gasteiger charge is -2.31. The van der Waals surface area contributed by atoms with Crippen LogP contribution in [0.1, 0.15) is 49.8 Å². The molecule has 29 heavy (non-hydrogen) atoms. The van der Waals surface area contributed by atoms with Crippen LogP contribution in [0, 0.1) is 12.7 Å². The van der Waals surface area contributed by atoms with Crippen LogP contribution in [0.5, 0.6) is 0 Å². The number of rotatable bonds is 10. The number of nitrogens with zero attached hydrogens (tertiary/aromatic N) is 1. The molecule has 0 aliphatic heterocycles. The number of carbonyl (C=O) groups excluding carboxylic acids is 2. The molecule has 2 rings (SSSR count). The third-order valence-electron chi connectivity index (χ3n) is 4.96. The number of amides is 2. The van der Waals surface area contributed by atoms with Gasteiger partial charge in [0.2, 0.25) is 11.8 Å². The number of carbonyl (C=O) groups is 2. The molecule has 0 heterocycles. The largest absolute Gasteiger partial charge is 0.354 e. The van der Waals surface area contributed by atoms with Gasteiger partial charge >= 0.3 is 0 Å². The third-order valence-corrected chi connectivity index (χ3v) is 4.96. The molecule has 156 valence electrons. The number of hydrogen-bond acceptors (Lipinski definition) is 2. The van der Waals surface area contributed by atoms with Crippen molar-refractivity contribution >= 4 is 11.8 Å². The Bertz CT molecular complexity index is 788. The molecule has 0 aliphatic carbocycles. The molecule has 0 saturated heterocycles. The third kappa shape index (κ3) is 7.00. The fourth-order valence-corrected chi connectivity index (χ4v) is 3.19. The van der Waals surface area contributed by atoms with Crippen LogP contribution in [0.3, 0.4) is 0 Å². The van der Waals surface area contributed by atoms with Gasteiger partial charge in [0.25, 0.3) is 0 Å². The zero-order valence-electron chi connectivity index (χ0n) is 17.6. The first-order chi connectivity index (χ1) is 13.9. The Morgan fingerprint density at radius 3 is 2.21 bits per heavy atom. The molecule has 1 N–H and O–H groups in total. The molecular weight excluding hydrogens is 367 g/mol. The summed E-state index contributed by atoms with van der Waals surface area (Å²) in [5, 5.41) is 2.95. The van der Waals surface area contributed by atoms with E-state index in [9.17, 15) is 14.0 Å². The van der Waals surface area contributed by atoms with Crippen molar-refractivity contribution in [2.75, 3.05) is 6.54 Å². The standard InChI is InChI=1S/C24H31FN2O2/c1-4-6-15-26-24(29)22(5-2)27(17-20-9-7-18(3)8-10-20)23(28)16-19-11-13-21(25)14-12-19/h7-14,22H,4-6,15-17H2,1-3H3,(H,26,29)/t22-/m0/s1. The van der Waals surface area contributed by atoms with E-state index in [0.717, 1.165) is 29.5 Å². The van der Waals surface area contributed by atoms with Crippen molar-refractivity contribution in [2.45, 2.75) is 59.0 Å². The van der Waals surface area contributed by atoms with Gasteiger partial charge in [0, 0.05) is 13.1 Å². The average Bonchev–Trinajstić information content (AvgIpc) is 2.71. The second-order valence-corrected chi connectivity index (χ2v) is 7.38. The number of halogens is 1. The Hall–Kier alpha value is -2.69. The highest BCUT2D eigenvalue weighted by Gasteiger charge is 2.28. The van der Waals surface area contributed by atoms with E-state index in [0.29, 0.717) is 19.5 Å². The lowest BCUT2D eigenvalue weighted by molar-refractivity contribution is -0.140. The Labute approximate surface area is 173 Å². The van der Waals surface area contributed by atoms with E-state index in [1.807, 2.05) is 38.1 Å². The Morgan fingerprint density at radius 2 is 1.62 bits per heavy atom. The van der Waals surface area contributed by atoms with Crippen LogP contribution in [0.4, 0.5) is 4.39 Å². The summed E-state index contributed by atoms with van der Waals surface area (Å²) in [7, 11) is 0. The summed E-state index contributed by atoms with van der Waals surface area (Å²) >= 11 is 0. The summed E-state index contributed by atoms with van der Waals surface area (Å²) < 4.78 is 13.2. The summed E-state index contributed by atoms with van der Waals surface area (Å²) in [6.45, 7) is 6.96. The number of unbranched alkanes of at least 4 members (excludes halogenated alkanes) is 1. The van der Waals surface area contributed by atoms with Crippen LogP contribution in [-0.2, 0) is 22.6 Å². The van der Waals surface area contributed by atoms with Gasteiger partial charge in [-0.3, -0.25) is 9.59 Å². The summed E-state index contributed by atoms with van der Waals surface area (Å²) in [5.74, 6) is -0.602. The van der Waals surface area contributed by atoms with Crippen LogP contribution < -0.4 is 5.32 Å². The Balaban J connectivity index is 2.22. The summed E-state index contributed by atoms with van der Waals surface area (Å²) in [6, 6.07) is 13.3. The zero-order chi connectivity index (χ0) is 21.2. The Morgan fingerprint density at radius 1 is 1.00 bits per heavy atom. The smallest absolute Gasteiger partial charge is 0.242 e. The van der Waals surface area contributed by atoms with E-state index >= 15 is 0 Å². The number of hydrogen-bond donors (Lipinski definition) is 1. The fraction of sp³-hybridized carbons (Fsp3) is 0.417. The maximum Gasteiger partial charge on any atom is 0.242 e. The van der Waals surface area contributed by atoms with Gasteiger partial charge in [-0.25, -0.2) is 4.39 Å². The van der Waals surface area contributed by atoms with Gasteiger partial charge in [-0.1, -0.05) is 62.2 Å². The Kier molecular flexibility index (Phi) is 8.84. The molecule has 5 heteroatoms. The van der Waals surface area contributed by atoms with Crippen molar-refractivity contribution in [2.24, 2.45) is 0 Å². The molecule has 2 aromatic rings. The molecule has 0 aromatic heterocycles. The van der Waals surface area contributed by atoms with Gasteiger partial charge in [0.05, 0.1) is 6.42 Å². The number of benzene rings is 2. The van der Waals surface area contributed by atoms with Crippen molar-refractivity contribution in [1.82, 2.24) is 10.2 Å². The maximum absolute atomic E-state index is 13.2. The van der Waals surface area contributed by atoms with Gasteiger partial charge < -0.3 is 10.2 Å². The first-order valence-electron chi connectivity index (χ1n) is 10.3. The molecule has 0 unspecified atom stereocenters. The van der Waals surface area contributed by atoms with Gasteiger partial charge in [-0.15, -0.1) is 0 Å². The van der Waals surface area contributed by atoms with Gasteiger partial charge in [0.15, 0.2) is 0 Å². The summed E-state index contributed by atoms with van der Waals surface area (Å²) in [5.41, 5.74) is 2.84. The van der Waals surface area contributed by atoms with E-state index in [1.165, 1.54) is 12.1 Å². The molecule has 0 bridgehead atoms. The minimum Gasteiger partial charge on any atom is -0.354 e. The van der Waals surface area contributed by atoms with Crippen molar-refractivity contribution in [3.05, 3.63) is 71.0 Å². The topological polar surface area (TPSA) is 49.4 Å². The van der Waals surface area contributed by atoms with Crippen molar-refractivity contribution in [3.63, 3.8) is 0 Å². The SMILES string of the molecule is CCCCNC(=O)[C@H](CC)N(Cc1ccc(C)cc1)C(=O)Cc1ccc(F)cc1. The minimum atomic E-state index is -0.541. The molecule has 2 amide bonds. The molecule has 4 nitrogen and oxygen atoms in total. The minimum absolute atomic E-state index is 0.125. The van der Waals surface area contributed by atoms with E-state index in [1.54, 1.807) is 17.0 Å². The van der Waals surface area contributed by atoms with E-state index in [4.69, 9.17) is 0 Å². The fourth-order valence-electron chi connectivity index (χ4n) is 3.19. The van der Waals surface area contributed by atoms with Gasteiger partial charge in [0.1, 0.15) is 11.9 Å². The number of aryl methyl sites for hydroxylation is 1. The molecule has 2 aromatic carbocycles.